The third-order valence-electron chi connectivity index (χ3n) is 11.6. The van der Waals surface area contributed by atoms with Gasteiger partial charge in [-0.05, 0) is 93.3 Å². The van der Waals surface area contributed by atoms with Crippen LogP contribution in [0.3, 0.4) is 0 Å². The van der Waals surface area contributed by atoms with Crippen LogP contribution in [0.2, 0.25) is 0 Å². The molecule has 3 fully saturated rings. The summed E-state index contributed by atoms with van der Waals surface area (Å²) in [7, 11) is 0. The van der Waals surface area contributed by atoms with Gasteiger partial charge in [0.05, 0.1) is 6.04 Å². The van der Waals surface area contributed by atoms with E-state index >= 15 is 0 Å². The summed E-state index contributed by atoms with van der Waals surface area (Å²) < 4.78 is 5.80. The molecule has 3 saturated heterocycles. The summed E-state index contributed by atoms with van der Waals surface area (Å²) in [6, 6.07) is 17.2. The van der Waals surface area contributed by atoms with Crippen molar-refractivity contribution in [2.45, 2.75) is 103 Å². The van der Waals surface area contributed by atoms with Gasteiger partial charge in [0.25, 0.3) is 0 Å². The Balaban J connectivity index is 0.846. The Hall–Kier alpha value is -4.59. The molecule has 4 N–H and O–H groups in total. The van der Waals surface area contributed by atoms with Crippen molar-refractivity contribution in [3.63, 3.8) is 0 Å². The highest BCUT2D eigenvalue weighted by atomic mass is 16.5. The molecule has 0 saturated carbocycles. The van der Waals surface area contributed by atoms with Crippen LogP contribution in [0.25, 0.3) is 0 Å². The fourth-order valence-electron chi connectivity index (χ4n) is 8.69. The van der Waals surface area contributed by atoms with Gasteiger partial charge < -0.3 is 25.6 Å². The van der Waals surface area contributed by atoms with Gasteiger partial charge in [0.2, 0.25) is 23.7 Å². The van der Waals surface area contributed by atoms with Crippen molar-refractivity contribution in [3.8, 4) is 0 Å². The number of benzene rings is 2. The molecule has 7 rings (SSSR count). The lowest BCUT2D eigenvalue weighted by molar-refractivity contribution is -0.137. The number of imide groups is 1. The number of hydrogen-bond acceptors (Lipinski definition) is 11. The quantitative estimate of drug-likeness (QED) is 0.137. The highest BCUT2D eigenvalue weighted by molar-refractivity contribution is 6.00. The topological polar surface area (TPSA) is 149 Å². The number of piperidine rings is 2. The maximum atomic E-state index is 12.8. The fourth-order valence-corrected chi connectivity index (χ4v) is 8.69. The van der Waals surface area contributed by atoms with Crippen molar-refractivity contribution < 1.29 is 19.1 Å². The monoisotopic (exact) mass is 751 g/mol. The number of ether oxygens (including phenoxy) is 1. The van der Waals surface area contributed by atoms with Crippen molar-refractivity contribution >= 4 is 40.9 Å². The summed E-state index contributed by atoms with van der Waals surface area (Å²) in [5.41, 5.74) is 12.5. The highest BCUT2D eigenvalue weighted by Crippen LogP contribution is 2.32. The Morgan fingerprint density at radius 1 is 0.945 bits per heavy atom. The number of carbonyl (C=O) groups is 3. The molecule has 0 spiro atoms. The average Bonchev–Trinajstić information content (AvgIpc) is 3.87. The maximum absolute atomic E-state index is 12.8. The second kappa shape index (κ2) is 18.4. The van der Waals surface area contributed by atoms with E-state index in [1.165, 1.54) is 24.1 Å². The van der Waals surface area contributed by atoms with Crippen LogP contribution in [0.1, 0.15) is 86.6 Å². The van der Waals surface area contributed by atoms with Crippen LogP contribution in [0, 0.1) is 6.92 Å². The maximum Gasteiger partial charge on any atom is 0.250 e. The number of fused-ring (bicyclic) bond motifs is 1. The highest BCUT2D eigenvalue weighted by Gasteiger charge is 2.35. The molecule has 294 valence electrons. The van der Waals surface area contributed by atoms with E-state index in [2.05, 4.69) is 64.5 Å². The van der Waals surface area contributed by atoms with Gasteiger partial charge in [-0.15, -0.1) is 0 Å². The second-order valence-corrected chi connectivity index (χ2v) is 15.6. The minimum atomic E-state index is -0.337. The Morgan fingerprint density at radius 2 is 1.75 bits per heavy atom. The molecule has 13 heteroatoms. The summed E-state index contributed by atoms with van der Waals surface area (Å²) in [6.45, 7) is 9.87. The van der Waals surface area contributed by atoms with Crippen molar-refractivity contribution in [1.82, 2.24) is 25.1 Å². The summed E-state index contributed by atoms with van der Waals surface area (Å²) >= 11 is 0. The zero-order valence-electron chi connectivity index (χ0n) is 32.3. The first-order chi connectivity index (χ1) is 26.8. The number of nitrogens with zero attached hydrogens (tertiary/aromatic N) is 6. The Morgan fingerprint density at radius 3 is 2.55 bits per heavy atom. The number of hydrogen-bond donors (Lipinski definition) is 3. The van der Waals surface area contributed by atoms with E-state index in [-0.39, 0.29) is 30.4 Å². The number of rotatable bonds is 16. The third kappa shape index (κ3) is 10.2. The number of amides is 3. The van der Waals surface area contributed by atoms with Gasteiger partial charge >= 0.3 is 0 Å². The molecule has 13 nitrogen and oxygen atoms in total. The molecule has 55 heavy (non-hydrogen) atoms. The van der Waals surface area contributed by atoms with Gasteiger partial charge in [-0.3, -0.25) is 29.5 Å². The zero-order valence-corrected chi connectivity index (χ0v) is 32.3. The lowest BCUT2D eigenvalue weighted by atomic mass is 10.0. The summed E-state index contributed by atoms with van der Waals surface area (Å²) in [6.07, 6.45) is 9.75. The van der Waals surface area contributed by atoms with Crippen LogP contribution in [-0.4, -0.2) is 95.5 Å². The van der Waals surface area contributed by atoms with E-state index in [9.17, 15) is 14.4 Å². The molecule has 3 amide bonds. The number of anilines is 4. The molecule has 1 aromatic heterocycles. The van der Waals surface area contributed by atoms with Crippen LogP contribution in [0.4, 0.5) is 23.1 Å². The average molecular weight is 752 g/mol. The number of nitrogen functional groups attached to an aromatic ring is 1. The number of aryl methyl sites for hydroxylation is 1. The molecule has 1 atom stereocenters. The van der Waals surface area contributed by atoms with E-state index in [0.717, 1.165) is 106 Å². The number of unbranched alkanes of at least 4 members (excludes halogenated alkanes) is 3. The van der Waals surface area contributed by atoms with Crippen LogP contribution in [0.5, 0.6) is 0 Å². The summed E-state index contributed by atoms with van der Waals surface area (Å²) in [4.78, 5) is 55.3. The van der Waals surface area contributed by atoms with Gasteiger partial charge in [0, 0.05) is 88.0 Å². The van der Waals surface area contributed by atoms with E-state index in [1.807, 2.05) is 31.2 Å². The smallest absolute Gasteiger partial charge is 0.250 e. The van der Waals surface area contributed by atoms with Crippen LogP contribution in [0.15, 0.2) is 48.5 Å². The Bertz CT molecular complexity index is 1790. The van der Waals surface area contributed by atoms with Crippen LogP contribution < -0.4 is 26.2 Å². The number of nitrogens with one attached hydrogen (secondary N) is 2. The lowest BCUT2D eigenvalue weighted by Crippen LogP contribution is -2.50. The molecule has 5 heterocycles. The second-order valence-electron chi connectivity index (χ2n) is 15.6. The molecule has 0 radical (unpaired) electrons. The van der Waals surface area contributed by atoms with Gasteiger partial charge in [0.1, 0.15) is 12.4 Å². The van der Waals surface area contributed by atoms with E-state index in [0.29, 0.717) is 44.5 Å². The van der Waals surface area contributed by atoms with Crippen molar-refractivity contribution in [2.75, 3.05) is 66.8 Å². The van der Waals surface area contributed by atoms with Crippen molar-refractivity contribution in [1.29, 1.82) is 0 Å². The van der Waals surface area contributed by atoms with E-state index < -0.39 is 0 Å². The van der Waals surface area contributed by atoms with E-state index in [1.54, 1.807) is 0 Å². The molecule has 1 unspecified atom stereocenters. The van der Waals surface area contributed by atoms with Gasteiger partial charge in [-0.25, -0.2) is 4.98 Å². The van der Waals surface area contributed by atoms with Gasteiger partial charge in [0.15, 0.2) is 0 Å². The van der Waals surface area contributed by atoms with E-state index in [4.69, 9.17) is 10.5 Å². The first-order valence-corrected chi connectivity index (χ1v) is 20.3. The minimum absolute atomic E-state index is 0.00463. The third-order valence-corrected chi connectivity index (χ3v) is 11.6. The Labute approximate surface area is 325 Å². The molecule has 2 aromatic carbocycles. The minimum Gasteiger partial charge on any atom is -0.372 e. The predicted molar refractivity (Wildman–Crippen MR) is 214 cm³/mol. The molecule has 3 aromatic rings. The molecular formula is C42H57N9O4. The number of nitrogens with two attached hydrogens (primary N) is 1. The molecule has 0 bridgehead atoms. The van der Waals surface area contributed by atoms with Crippen LogP contribution >= 0.6 is 0 Å². The standard InChI is InChI=1S/C42H57N9O4/c1-30-24-38(46-42(43)44-30)49-21-16-33(17-22-49)50(26-31-10-8-12-34(25-31)48-18-5-6-19-48)20-4-2-3-7-23-55-29-40(53)45-36-13-9-11-32-27-51(28-35(32)36)37-14-15-39(52)47-41(37)54/h8-13,24-25,33,37H,2-7,14-23,26-29H2,1H3,(H,45,53)(H2,43,44,46)(H,47,52,54). The summed E-state index contributed by atoms with van der Waals surface area (Å²) in [5, 5.41) is 5.48. The van der Waals surface area contributed by atoms with Crippen molar-refractivity contribution in [2.24, 2.45) is 0 Å². The zero-order chi connectivity index (χ0) is 38.1. The normalized spacial score (nSPS) is 19.3. The van der Waals surface area contributed by atoms with Gasteiger partial charge in [-0.1, -0.05) is 37.1 Å². The SMILES string of the molecule is Cc1cc(N2CCC(N(CCCCCCOCC(=O)Nc3cccc4c3CN(C3CCC(=O)NC3=O)C4)Cc3cccc(N4CCCC4)c3)CC2)nc(N)n1. The summed E-state index contributed by atoms with van der Waals surface area (Å²) in [5.74, 6) is 0.627. The largest absolute Gasteiger partial charge is 0.372 e. The van der Waals surface area contributed by atoms with Gasteiger partial charge in [-0.2, -0.15) is 4.98 Å². The fraction of sp³-hybridized carbons (Fsp3) is 0.548. The molecule has 0 aliphatic carbocycles. The molecule has 4 aliphatic heterocycles. The van der Waals surface area contributed by atoms with Crippen LogP contribution in [-0.2, 0) is 38.8 Å². The Kier molecular flexibility index (Phi) is 12.9. The first kappa shape index (κ1) is 38.7. The molecular weight excluding hydrogens is 695 g/mol. The molecule has 4 aliphatic rings. The van der Waals surface area contributed by atoms with Crippen molar-refractivity contribution in [3.05, 3.63) is 70.9 Å². The predicted octanol–water partition coefficient (Wildman–Crippen LogP) is 4.77. The number of aromatic nitrogens is 2. The first-order valence-electron chi connectivity index (χ1n) is 20.3. The number of carbonyl (C=O) groups excluding carboxylic acids is 3. The lowest BCUT2D eigenvalue weighted by Gasteiger charge is -2.39.